The lowest BCUT2D eigenvalue weighted by Gasteiger charge is -2.49. The Morgan fingerprint density at radius 3 is 1.23 bits per heavy atom. The van der Waals surface area contributed by atoms with Crippen LogP contribution in [0.5, 0.6) is 0 Å². The van der Waals surface area contributed by atoms with E-state index in [9.17, 15) is 54.3 Å². The van der Waals surface area contributed by atoms with Gasteiger partial charge in [0.05, 0.1) is 18.7 Å². The first-order chi connectivity index (χ1) is 37.9. The molecule has 1 aliphatic carbocycles. The molecule has 0 aromatic carbocycles. The summed E-state index contributed by atoms with van der Waals surface area (Å²) in [6, 6.07) is -5.70. The SMILES string of the molecule is CC(C)(C)OC(=O)NC[C@@H]1O[C@H](O[C@H]2[C@@H](O)[C@H](O[C@@H]3[C@@H](O)[C@H](NC(=O)OC(C)(C)C)C[C@H](NC(=O)OC(C)(C)C)[C@H]3O[C@H]3O[C@H](CNC(=O)OC(C)(C)C)[C@@H](O)[C@H](O)[C@H]3NC(=O)OC(C)(C)C)O[C@@H]2CO)[C@H](NC(=O)OC(C)(C)C)[C@@H]2O[C@@H]21. The molecule has 83 heavy (non-hydrogen) atoms. The van der Waals surface area contributed by atoms with Crippen LogP contribution >= 0.6 is 0 Å². The maximum Gasteiger partial charge on any atom is 0.408 e. The number of hydrogen-bond acceptors (Lipinski definition) is 24. The van der Waals surface area contributed by atoms with Crippen LogP contribution in [0.4, 0.5) is 28.8 Å². The van der Waals surface area contributed by atoms with E-state index in [4.69, 9.17) is 61.6 Å². The molecule has 1 saturated carbocycles. The molecule has 5 aliphatic rings. The average molecular weight is 1200 g/mol. The number of rotatable bonds is 15. The Labute approximate surface area is 483 Å². The molecular formula is C53H92N6O24. The van der Waals surface area contributed by atoms with Gasteiger partial charge >= 0.3 is 36.6 Å². The molecule has 30 nitrogen and oxygen atoms in total. The van der Waals surface area contributed by atoms with Crippen molar-refractivity contribution < 1.29 is 116 Å². The zero-order valence-corrected chi connectivity index (χ0v) is 50.8. The van der Waals surface area contributed by atoms with Gasteiger partial charge in [0.15, 0.2) is 18.9 Å². The molecule has 11 N–H and O–H groups in total. The number of nitrogens with one attached hydrogen (secondary N) is 6. The molecule has 0 aromatic rings. The maximum absolute atomic E-state index is 13.8. The Bertz CT molecular complexity index is 2220. The van der Waals surface area contributed by atoms with Crippen LogP contribution in [0.3, 0.4) is 0 Å². The summed E-state index contributed by atoms with van der Waals surface area (Å²) in [5, 5.41) is 74.5. The van der Waals surface area contributed by atoms with Gasteiger partial charge in [0.1, 0.15) is 119 Å². The second kappa shape index (κ2) is 26.8. The van der Waals surface area contributed by atoms with Crippen molar-refractivity contribution in [2.45, 2.75) is 281 Å². The second-order valence-corrected chi connectivity index (χ2v) is 27.0. The predicted molar refractivity (Wildman–Crippen MR) is 286 cm³/mol. The van der Waals surface area contributed by atoms with Crippen LogP contribution in [-0.4, -0.2) is 232 Å². The number of aliphatic hydroxyl groups is 5. The van der Waals surface area contributed by atoms with E-state index in [0.717, 1.165) is 0 Å². The third-order valence-corrected chi connectivity index (χ3v) is 12.4. The van der Waals surface area contributed by atoms with Crippen LogP contribution in [0, 0.1) is 0 Å². The smallest absolute Gasteiger partial charge is 0.408 e. The Kier molecular flexibility index (Phi) is 22.3. The van der Waals surface area contributed by atoms with E-state index in [1.165, 1.54) is 0 Å². The minimum atomic E-state index is -1.96. The van der Waals surface area contributed by atoms with Gasteiger partial charge in [0.25, 0.3) is 0 Å². The van der Waals surface area contributed by atoms with Crippen molar-refractivity contribution >= 4 is 36.6 Å². The second-order valence-electron chi connectivity index (χ2n) is 27.0. The number of epoxide rings is 1. The Hall–Kier alpha value is -4.86. The Balaban J connectivity index is 1.56. The topological polar surface area (TPSA) is 399 Å². The number of carbonyl (C=O) groups is 6. The van der Waals surface area contributed by atoms with Gasteiger partial charge in [0, 0.05) is 13.1 Å². The molecule has 4 saturated heterocycles. The van der Waals surface area contributed by atoms with Gasteiger partial charge in [-0.2, -0.15) is 0 Å². The number of amides is 6. The van der Waals surface area contributed by atoms with Crippen LogP contribution in [0.15, 0.2) is 0 Å². The van der Waals surface area contributed by atoms with Crippen LogP contribution in [0.1, 0.15) is 131 Å². The van der Waals surface area contributed by atoms with Crippen LogP contribution in [0.2, 0.25) is 0 Å². The predicted octanol–water partition coefficient (Wildman–Crippen LogP) is 1.55. The quantitative estimate of drug-likeness (QED) is 0.0818. The summed E-state index contributed by atoms with van der Waals surface area (Å²) >= 11 is 0. The average Bonchev–Trinajstić information content (AvgIpc) is 3.15. The Morgan fingerprint density at radius 1 is 0.386 bits per heavy atom. The van der Waals surface area contributed by atoms with Gasteiger partial charge in [0.2, 0.25) is 0 Å². The summed E-state index contributed by atoms with van der Waals surface area (Å²) in [5.41, 5.74) is -5.96. The van der Waals surface area contributed by atoms with Crippen molar-refractivity contribution in [1.82, 2.24) is 31.9 Å². The first kappa shape index (κ1) is 68.9. The van der Waals surface area contributed by atoms with Gasteiger partial charge in [-0.05, 0) is 131 Å². The zero-order chi connectivity index (χ0) is 62.7. The van der Waals surface area contributed by atoms with E-state index in [-0.39, 0.29) is 6.54 Å². The van der Waals surface area contributed by atoms with Crippen molar-refractivity contribution in [3.63, 3.8) is 0 Å². The first-order valence-corrected chi connectivity index (χ1v) is 27.7. The van der Waals surface area contributed by atoms with Crippen LogP contribution in [-0.2, 0) is 61.6 Å². The van der Waals surface area contributed by atoms with Crippen LogP contribution in [0.25, 0.3) is 0 Å². The van der Waals surface area contributed by atoms with Crippen molar-refractivity contribution in [3.8, 4) is 0 Å². The minimum Gasteiger partial charge on any atom is -0.444 e. The number of hydrogen-bond donors (Lipinski definition) is 11. The number of ether oxygens (including phenoxy) is 13. The molecule has 19 atom stereocenters. The molecule has 0 radical (unpaired) electrons. The monoisotopic (exact) mass is 1200 g/mol. The third-order valence-electron chi connectivity index (χ3n) is 12.4. The highest BCUT2D eigenvalue weighted by Crippen LogP contribution is 2.41. The highest BCUT2D eigenvalue weighted by Gasteiger charge is 2.61. The van der Waals surface area contributed by atoms with Crippen molar-refractivity contribution in [1.29, 1.82) is 0 Å². The number of carbonyl (C=O) groups excluding carboxylic acids is 6. The molecule has 0 aromatic heterocycles. The number of aliphatic hydroxyl groups excluding tert-OH is 5. The Morgan fingerprint density at radius 2 is 0.759 bits per heavy atom. The van der Waals surface area contributed by atoms with Gasteiger partial charge in [-0.1, -0.05) is 0 Å². The maximum atomic E-state index is 13.8. The van der Waals surface area contributed by atoms with E-state index in [1.54, 1.807) is 125 Å². The minimum absolute atomic E-state index is 0.165. The molecule has 4 aliphatic heterocycles. The zero-order valence-electron chi connectivity index (χ0n) is 50.8. The normalized spacial score (nSPS) is 33.9. The molecule has 5 rings (SSSR count). The summed E-state index contributed by atoms with van der Waals surface area (Å²) in [4.78, 5) is 79.7. The molecule has 5 fully saturated rings. The summed E-state index contributed by atoms with van der Waals surface area (Å²) in [5.74, 6) is 0. The van der Waals surface area contributed by atoms with E-state index < -0.39 is 206 Å². The standard InChI is InChI=1S/C53H92N6O24/c1-48(2,3)78-42(65)54-20-25-31(62)32(63)28(58-46(69)82-52(13,14)15)39(71-25)75-34-24(57-45(68)81-51(10,11)12)19-23(56-44(67)80-50(7,8)9)30(61)38(34)77-41-33(64)35(27(22-60)73-41)76-40-29(59-47(70)83-53(16,17)18)37-36(74-37)26(72-40)21-55-43(66)79-49(4,5)6/h23-41,60-64H,19-22H2,1-18H3,(H,54,65)(H,55,66)(H,56,67)(H,57,68)(H,58,69)(H,59,70)/t23-,24+,25-,26+,27-,28-,29-,30+,31-,32-,33-,34-,35-,36-,37+,38-,39-,40-,41+/m1/s1. The summed E-state index contributed by atoms with van der Waals surface area (Å²) in [6.07, 6.45) is -29.8. The molecule has 4 heterocycles. The molecule has 0 spiro atoms. The summed E-state index contributed by atoms with van der Waals surface area (Å²) in [6.45, 7) is 27.6. The van der Waals surface area contributed by atoms with Crippen LogP contribution < -0.4 is 31.9 Å². The van der Waals surface area contributed by atoms with E-state index in [1.807, 2.05) is 0 Å². The molecular weight excluding hydrogens is 1100 g/mol. The third kappa shape index (κ3) is 21.3. The van der Waals surface area contributed by atoms with Gasteiger partial charge in [-0.15, -0.1) is 0 Å². The highest BCUT2D eigenvalue weighted by molar-refractivity contribution is 5.70. The van der Waals surface area contributed by atoms with Crippen molar-refractivity contribution in [2.24, 2.45) is 0 Å². The number of fused-ring (bicyclic) bond motifs is 1. The summed E-state index contributed by atoms with van der Waals surface area (Å²) in [7, 11) is 0. The fourth-order valence-electron chi connectivity index (χ4n) is 9.23. The molecule has 0 bridgehead atoms. The fraction of sp³-hybridized carbons (Fsp3) is 0.887. The summed E-state index contributed by atoms with van der Waals surface area (Å²) < 4.78 is 77.1. The van der Waals surface area contributed by atoms with Gasteiger partial charge in [-0.25, -0.2) is 28.8 Å². The van der Waals surface area contributed by atoms with Crippen molar-refractivity contribution in [2.75, 3.05) is 19.7 Å². The highest BCUT2D eigenvalue weighted by atomic mass is 16.8. The van der Waals surface area contributed by atoms with Gasteiger partial charge in [-0.3, -0.25) is 0 Å². The van der Waals surface area contributed by atoms with E-state index >= 15 is 0 Å². The largest absolute Gasteiger partial charge is 0.444 e. The van der Waals surface area contributed by atoms with E-state index in [0.29, 0.717) is 0 Å². The molecule has 0 unspecified atom stereocenters. The lowest BCUT2D eigenvalue weighted by molar-refractivity contribution is -0.311. The molecule has 478 valence electrons. The molecule has 6 amide bonds. The fourth-order valence-corrected chi connectivity index (χ4v) is 9.23. The lowest BCUT2D eigenvalue weighted by atomic mass is 9.83. The number of alkyl carbamates (subject to hydrolysis) is 6. The first-order valence-electron chi connectivity index (χ1n) is 27.7. The lowest BCUT2D eigenvalue weighted by Crippen LogP contribution is -2.70. The van der Waals surface area contributed by atoms with Crippen molar-refractivity contribution in [3.05, 3.63) is 0 Å². The molecule has 30 heteroatoms. The van der Waals surface area contributed by atoms with E-state index in [2.05, 4.69) is 31.9 Å². The van der Waals surface area contributed by atoms with Gasteiger partial charge < -0.3 is 119 Å².